The van der Waals surface area contributed by atoms with Crippen LogP contribution in [0.4, 0.5) is 22.4 Å². The van der Waals surface area contributed by atoms with Crippen LogP contribution >= 0.6 is 11.3 Å². The van der Waals surface area contributed by atoms with E-state index in [2.05, 4.69) is 15.3 Å². The third-order valence-electron chi connectivity index (χ3n) is 5.79. The van der Waals surface area contributed by atoms with Crippen LogP contribution in [0.1, 0.15) is 56.2 Å². The SMILES string of the molecule is CC(CC(c1ccc(C(F)(F)F)cc1)c1ncc(-c2ccc3cnc(F)cc3c2)s1)NC(=O)OC(C)(C)C. The van der Waals surface area contributed by atoms with Crippen molar-refractivity contribution in [2.24, 2.45) is 0 Å². The van der Waals surface area contributed by atoms with Gasteiger partial charge in [0.05, 0.1) is 10.4 Å². The van der Waals surface area contributed by atoms with Crippen molar-refractivity contribution in [2.75, 3.05) is 0 Å². The number of pyridine rings is 1. The number of alkyl carbamates (subject to hydrolysis) is 1. The number of carbonyl (C=O) groups excluding carboxylic acids is 1. The molecule has 38 heavy (non-hydrogen) atoms. The van der Waals surface area contributed by atoms with Crippen molar-refractivity contribution in [3.63, 3.8) is 0 Å². The number of thiazole rings is 1. The van der Waals surface area contributed by atoms with Gasteiger partial charge in [-0.2, -0.15) is 17.6 Å². The molecule has 0 radical (unpaired) electrons. The summed E-state index contributed by atoms with van der Waals surface area (Å²) in [4.78, 5) is 21.4. The molecule has 200 valence electrons. The first-order chi connectivity index (χ1) is 17.8. The molecule has 0 aliphatic rings. The number of fused-ring (bicyclic) bond motifs is 1. The molecule has 4 aromatic rings. The molecular weight excluding hydrogens is 518 g/mol. The summed E-state index contributed by atoms with van der Waals surface area (Å²) in [6.45, 7) is 7.09. The van der Waals surface area contributed by atoms with E-state index >= 15 is 0 Å². The summed E-state index contributed by atoms with van der Waals surface area (Å²) in [6, 6.07) is 11.6. The predicted octanol–water partition coefficient (Wildman–Crippen LogP) is 7.95. The van der Waals surface area contributed by atoms with Gasteiger partial charge in [0, 0.05) is 35.8 Å². The summed E-state index contributed by atoms with van der Waals surface area (Å²) < 4.78 is 58.5. The van der Waals surface area contributed by atoms with Crippen LogP contribution in [0, 0.1) is 5.95 Å². The first kappa shape index (κ1) is 27.5. The Hall–Kier alpha value is -3.53. The molecule has 2 atom stereocenters. The molecule has 2 aromatic carbocycles. The van der Waals surface area contributed by atoms with Crippen molar-refractivity contribution in [1.29, 1.82) is 0 Å². The van der Waals surface area contributed by atoms with Gasteiger partial charge in [0.2, 0.25) is 5.95 Å². The first-order valence-electron chi connectivity index (χ1n) is 12.0. The zero-order chi connectivity index (χ0) is 27.7. The van der Waals surface area contributed by atoms with Crippen LogP contribution in [0.2, 0.25) is 0 Å². The smallest absolute Gasteiger partial charge is 0.416 e. The maximum atomic E-state index is 13.6. The monoisotopic (exact) mass is 545 g/mol. The minimum absolute atomic E-state index is 0.361. The van der Waals surface area contributed by atoms with Gasteiger partial charge in [-0.25, -0.2) is 14.8 Å². The van der Waals surface area contributed by atoms with Crippen molar-refractivity contribution < 1.29 is 27.1 Å². The van der Waals surface area contributed by atoms with Crippen LogP contribution in [0.5, 0.6) is 0 Å². The zero-order valence-corrected chi connectivity index (χ0v) is 22.1. The normalized spacial score (nSPS) is 13.8. The van der Waals surface area contributed by atoms with E-state index in [-0.39, 0.29) is 12.0 Å². The average Bonchev–Trinajstić information content (AvgIpc) is 3.30. The highest BCUT2D eigenvalue weighted by Crippen LogP contribution is 2.38. The summed E-state index contributed by atoms with van der Waals surface area (Å²) in [7, 11) is 0. The molecule has 10 heteroatoms. The lowest BCUT2D eigenvalue weighted by Gasteiger charge is -2.24. The van der Waals surface area contributed by atoms with Crippen molar-refractivity contribution in [3.05, 3.63) is 83.0 Å². The van der Waals surface area contributed by atoms with Crippen LogP contribution in [-0.4, -0.2) is 27.7 Å². The van der Waals surface area contributed by atoms with E-state index in [4.69, 9.17) is 4.74 Å². The summed E-state index contributed by atoms with van der Waals surface area (Å²) in [5.74, 6) is -0.962. The Kier molecular flexibility index (Phi) is 7.73. The molecule has 2 heterocycles. The maximum absolute atomic E-state index is 13.6. The van der Waals surface area contributed by atoms with Crippen LogP contribution in [0.15, 0.2) is 60.9 Å². The molecule has 1 amide bonds. The Morgan fingerprint density at radius 3 is 2.37 bits per heavy atom. The highest BCUT2D eigenvalue weighted by Gasteiger charge is 2.31. The standard InChI is InChI=1S/C28H27F4N3O2S/c1-16(35-26(36)37-27(2,3)4)11-22(17-7-9-21(10-8-17)28(30,31)32)25-34-15-23(38-25)18-5-6-19-14-33-24(29)13-20(19)12-18/h5-10,12-16,22H,11H2,1-4H3,(H,35,36). The van der Waals surface area contributed by atoms with Gasteiger partial charge in [-0.15, -0.1) is 11.3 Å². The molecule has 0 spiro atoms. The average molecular weight is 546 g/mol. The maximum Gasteiger partial charge on any atom is 0.416 e. The number of rotatable bonds is 6. The van der Waals surface area contributed by atoms with Gasteiger partial charge < -0.3 is 10.1 Å². The van der Waals surface area contributed by atoms with E-state index in [9.17, 15) is 22.4 Å². The number of hydrogen-bond donors (Lipinski definition) is 1. The van der Waals surface area contributed by atoms with Crippen molar-refractivity contribution in [2.45, 2.75) is 57.9 Å². The van der Waals surface area contributed by atoms with Crippen LogP contribution < -0.4 is 5.32 Å². The third kappa shape index (κ3) is 6.86. The fourth-order valence-electron chi connectivity index (χ4n) is 4.05. The van der Waals surface area contributed by atoms with E-state index in [1.54, 1.807) is 33.9 Å². The summed E-state index contributed by atoms with van der Waals surface area (Å²) in [5.41, 5.74) is 0.0682. The highest BCUT2D eigenvalue weighted by molar-refractivity contribution is 7.15. The summed E-state index contributed by atoms with van der Waals surface area (Å²) in [6.07, 6.45) is -1.48. The number of benzene rings is 2. The largest absolute Gasteiger partial charge is 0.444 e. The Bertz CT molecular complexity index is 1430. The van der Waals surface area contributed by atoms with Crippen LogP contribution in [0.3, 0.4) is 0 Å². The van der Waals surface area contributed by atoms with Gasteiger partial charge >= 0.3 is 12.3 Å². The molecular formula is C28H27F4N3O2S. The molecule has 0 aliphatic heterocycles. The van der Waals surface area contributed by atoms with Gasteiger partial charge in [0.1, 0.15) is 10.6 Å². The van der Waals surface area contributed by atoms with E-state index in [0.717, 1.165) is 28.0 Å². The lowest BCUT2D eigenvalue weighted by atomic mass is 9.92. The van der Waals surface area contributed by atoms with Crippen molar-refractivity contribution >= 4 is 28.2 Å². The van der Waals surface area contributed by atoms with Gasteiger partial charge in [-0.05, 0) is 68.8 Å². The molecule has 0 saturated carbocycles. The third-order valence-corrected chi connectivity index (χ3v) is 6.95. The Morgan fingerprint density at radius 2 is 1.71 bits per heavy atom. The minimum Gasteiger partial charge on any atom is -0.444 e. The minimum atomic E-state index is -4.45. The van der Waals surface area contributed by atoms with Gasteiger partial charge in [0.15, 0.2) is 0 Å². The number of hydrogen-bond acceptors (Lipinski definition) is 5. The van der Waals surface area contributed by atoms with Gasteiger partial charge in [0.25, 0.3) is 0 Å². The molecule has 0 bridgehead atoms. The fourth-order valence-corrected chi connectivity index (χ4v) is 5.11. The second kappa shape index (κ2) is 10.7. The second-order valence-electron chi connectivity index (χ2n) is 10.1. The number of aromatic nitrogens is 2. The quantitative estimate of drug-likeness (QED) is 0.197. The summed E-state index contributed by atoms with van der Waals surface area (Å²) in [5, 5.41) is 4.97. The number of alkyl halides is 3. The van der Waals surface area contributed by atoms with Crippen LogP contribution in [-0.2, 0) is 10.9 Å². The number of halogens is 4. The van der Waals surface area contributed by atoms with E-state index in [1.165, 1.54) is 35.7 Å². The summed E-state index contributed by atoms with van der Waals surface area (Å²) >= 11 is 1.40. The van der Waals surface area contributed by atoms with Crippen molar-refractivity contribution in [3.8, 4) is 10.4 Å². The van der Waals surface area contributed by atoms with E-state index < -0.39 is 29.4 Å². The number of amides is 1. The molecule has 0 saturated heterocycles. The van der Waals surface area contributed by atoms with E-state index in [1.807, 2.05) is 18.2 Å². The van der Waals surface area contributed by atoms with Crippen LogP contribution in [0.25, 0.3) is 21.2 Å². The lowest BCUT2D eigenvalue weighted by Crippen LogP contribution is -2.38. The van der Waals surface area contributed by atoms with Crippen molar-refractivity contribution in [1.82, 2.24) is 15.3 Å². The van der Waals surface area contributed by atoms with E-state index in [0.29, 0.717) is 22.4 Å². The lowest BCUT2D eigenvalue weighted by molar-refractivity contribution is -0.137. The zero-order valence-electron chi connectivity index (χ0n) is 21.3. The second-order valence-corrected chi connectivity index (χ2v) is 11.1. The molecule has 2 unspecified atom stereocenters. The Labute approximate surface area is 221 Å². The molecule has 4 rings (SSSR count). The molecule has 0 aliphatic carbocycles. The number of ether oxygens (including phenoxy) is 1. The number of nitrogens with one attached hydrogen (secondary N) is 1. The van der Waals surface area contributed by atoms with Gasteiger partial charge in [-0.1, -0.05) is 24.3 Å². The molecule has 0 fully saturated rings. The molecule has 5 nitrogen and oxygen atoms in total. The fraction of sp³-hybridized carbons (Fsp3) is 0.321. The molecule has 2 aromatic heterocycles. The van der Waals surface area contributed by atoms with Gasteiger partial charge in [-0.3, -0.25) is 0 Å². The predicted molar refractivity (Wildman–Crippen MR) is 140 cm³/mol. The first-order valence-corrected chi connectivity index (χ1v) is 12.8. The number of nitrogens with zero attached hydrogens (tertiary/aromatic N) is 2. The Balaban J connectivity index is 1.64. The highest BCUT2D eigenvalue weighted by atomic mass is 32.1. The topological polar surface area (TPSA) is 64.1 Å². The Morgan fingerprint density at radius 1 is 1.00 bits per heavy atom. The molecule has 1 N–H and O–H groups in total. The number of carbonyl (C=O) groups is 1.